The molecule has 5 rings (SSSR count). The van der Waals surface area contributed by atoms with E-state index in [9.17, 15) is 9.18 Å². The Morgan fingerprint density at radius 1 is 1.19 bits per heavy atom. The Kier molecular flexibility index (Phi) is 5.71. The van der Waals surface area contributed by atoms with Gasteiger partial charge in [0.2, 0.25) is 0 Å². The number of hydrogen-bond donors (Lipinski definition) is 1. The predicted molar refractivity (Wildman–Crippen MR) is 124 cm³/mol. The molecule has 1 fully saturated rings. The predicted octanol–water partition coefficient (Wildman–Crippen LogP) is 4.32. The Morgan fingerprint density at radius 3 is 2.69 bits per heavy atom. The minimum absolute atomic E-state index is 0.0422. The number of fused-ring (bicyclic) bond motifs is 1. The summed E-state index contributed by atoms with van der Waals surface area (Å²) in [6, 6.07) is 14.3. The summed E-state index contributed by atoms with van der Waals surface area (Å²) in [7, 11) is 0. The van der Waals surface area contributed by atoms with Gasteiger partial charge in [0.1, 0.15) is 10.6 Å². The molecule has 1 aliphatic rings. The number of piperidine rings is 1. The second-order valence-electron chi connectivity index (χ2n) is 8.15. The highest BCUT2D eigenvalue weighted by Crippen LogP contribution is 2.30. The quantitative estimate of drug-likeness (QED) is 0.493. The molecule has 4 aromatic rings. The van der Waals surface area contributed by atoms with E-state index < -0.39 is 0 Å². The first-order valence-electron chi connectivity index (χ1n) is 10.7. The van der Waals surface area contributed by atoms with Gasteiger partial charge in [-0.3, -0.25) is 14.7 Å². The number of carbonyl (C=O) groups excluding carboxylic acids is 1. The zero-order chi connectivity index (χ0) is 22.1. The van der Waals surface area contributed by atoms with Gasteiger partial charge in [-0.25, -0.2) is 9.07 Å². The highest BCUT2D eigenvalue weighted by atomic mass is 32.1. The molecule has 0 unspecified atom stereocenters. The number of nitrogens with one attached hydrogen (secondary N) is 1. The molecular formula is C24H24FN5OS. The van der Waals surface area contributed by atoms with Crippen molar-refractivity contribution in [3.8, 4) is 5.69 Å². The average molecular weight is 450 g/mol. The van der Waals surface area contributed by atoms with Crippen LogP contribution < -0.4 is 5.32 Å². The molecule has 1 aliphatic heterocycles. The van der Waals surface area contributed by atoms with Gasteiger partial charge in [0.15, 0.2) is 0 Å². The van der Waals surface area contributed by atoms with Crippen LogP contribution in [-0.4, -0.2) is 44.7 Å². The lowest BCUT2D eigenvalue weighted by molar-refractivity contribution is 0.0912. The lowest BCUT2D eigenvalue weighted by Crippen LogP contribution is -2.44. The van der Waals surface area contributed by atoms with Crippen LogP contribution in [0.4, 0.5) is 4.39 Å². The van der Waals surface area contributed by atoms with Crippen molar-refractivity contribution in [1.82, 2.24) is 25.0 Å². The second-order valence-corrected chi connectivity index (χ2v) is 9.18. The summed E-state index contributed by atoms with van der Waals surface area (Å²) in [5, 5.41) is 8.73. The number of carbonyl (C=O) groups is 1. The van der Waals surface area contributed by atoms with E-state index in [1.165, 1.54) is 23.5 Å². The number of thiophene rings is 1. The molecule has 1 aromatic carbocycles. The van der Waals surface area contributed by atoms with Crippen molar-refractivity contribution >= 4 is 27.5 Å². The van der Waals surface area contributed by atoms with Crippen molar-refractivity contribution in [2.24, 2.45) is 0 Å². The normalized spacial score (nSPS) is 15.3. The van der Waals surface area contributed by atoms with Crippen LogP contribution in [0.25, 0.3) is 15.9 Å². The molecule has 0 spiro atoms. The molecule has 0 aliphatic carbocycles. The van der Waals surface area contributed by atoms with Gasteiger partial charge in [-0.15, -0.1) is 11.3 Å². The van der Waals surface area contributed by atoms with E-state index in [0.29, 0.717) is 4.88 Å². The lowest BCUT2D eigenvalue weighted by atomic mass is 10.0. The monoisotopic (exact) mass is 449 g/mol. The average Bonchev–Trinajstić information content (AvgIpc) is 3.37. The SMILES string of the molecule is Cc1nn(-c2ccc(F)cc2)c2sc(C(=O)NC3CCN(Cc4ccccn4)CC3)cc12. The Hall–Kier alpha value is -3.10. The molecule has 164 valence electrons. The van der Waals surface area contributed by atoms with E-state index in [1.54, 1.807) is 16.8 Å². The van der Waals surface area contributed by atoms with Gasteiger partial charge < -0.3 is 5.32 Å². The smallest absolute Gasteiger partial charge is 0.261 e. The van der Waals surface area contributed by atoms with Gasteiger partial charge in [-0.05, 0) is 62.2 Å². The van der Waals surface area contributed by atoms with Crippen LogP contribution in [0.5, 0.6) is 0 Å². The number of pyridine rings is 1. The molecule has 6 nitrogen and oxygen atoms in total. The Labute approximate surface area is 189 Å². The summed E-state index contributed by atoms with van der Waals surface area (Å²) in [6.07, 6.45) is 3.67. The number of halogens is 1. The largest absolute Gasteiger partial charge is 0.349 e. The van der Waals surface area contributed by atoms with Gasteiger partial charge in [0.25, 0.3) is 5.91 Å². The Morgan fingerprint density at radius 2 is 1.97 bits per heavy atom. The van der Waals surface area contributed by atoms with E-state index in [0.717, 1.165) is 59.8 Å². The zero-order valence-electron chi connectivity index (χ0n) is 17.8. The molecule has 4 heterocycles. The first-order valence-corrected chi connectivity index (χ1v) is 11.6. The maximum Gasteiger partial charge on any atom is 0.261 e. The van der Waals surface area contributed by atoms with E-state index in [1.807, 2.05) is 37.4 Å². The second kappa shape index (κ2) is 8.80. The third-order valence-electron chi connectivity index (χ3n) is 5.87. The molecule has 1 amide bonds. The summed E-state index contributed by atoms with van der Waals surface area (Å²) in [4.78, 5) is 21.3. The number of likely N-dealkylation sites (tertiary alicyclic amines) is 1. The maximum atomic E-state index is 13.3. The maximum absolute atomic E-state index is 13.3. The van der Waals surface area contributed by atoms with Gasteiger partial charge in [-0.1, -0.05) is 6.07 Å². The van der Waals surface area contributed by atoms with Crippen molar-refractivity contribution in [3.63, 3.8) is 0 Å². The van der Waals surface area contributed by atoms with Crippen molar-refractivity contribution in [2.75, 3.05) is 13.1 Å². The van der Waals surface area contributed by atoms with E-state index >= 15 is 0 Å². The van der Waals surface area contributed by atoms with Crippen molar-refractivity contribution in [2.45, 2.75) is 32.4 Å². The summed E-state index contributed by atoms with van der Waals surface area (Å²) >= 11 is 1.42. The van der Waals surface area contributed by atoms with E-state index in [2.05, 4.69) is 20.3 Å². The number of nitrogens with zero attached hydrogens (tertiary/aromatic N) is 4. The van der Waals surface area contributed by atoms with Gasteiger partial charge in [0, 0.05) is 37.3 Å². The number of amides is 1. The summed E-state index contributed by atoms with van der Waals surface area (Å²) < 4.78 is 15.1. The molecule has 3 aromatic heterocycles. The van der Waals surface area contributed by atoms with Gasteiger partial charge >= 0.3 is 0 Å². The minimum atomic E-state index is -0.286. The number of aryl methyl sites for hydroxylation is 1. The van der Waals surface area contributed by atoms with Crippen LogP contribution in [0.15, 0.2) is 54.7 Å². The Balaban J connectivity index is 1.25. The first-order chi connectivity index (χ1) is 15.6. The molecule has 0 bridgehead atoms. The van der Waals surface area contributed by atoms with E-state index in [4.69, 9.17) is 0 Å². The van der Waals surface area contributed by atoms with Gasteiger partial charge in [-0.2, -0.15) is 5.10 Å². The minimum Gasteiger partial charge on any atom is -0.349 e. The lowest BCUT2D eigenvalue weighted by Gasteiger charge is -2.32. The van der Waals surface area contributed by atoms with Crippen LogP contribution in [0.2, 0.25) is 0 Å². The summed E-state index contributed by atoms with van der Waals surface area (Å²) in [5.41, 5.74) is 2.70. The fraction of sp³-hybridized carbons (Fsp3) is 0.292. The standard InChI is InChI=1S/C24H24FN5OS/c1-16-21-14-22(32-24(21)30(28-16)20-7-5-17(25)6-8-20)23(31)27-18-9-12-29(13-10-18)15-19-4-2-3-11-26-19/h2-8,11,14,18H,9-10,12-13,15H2,1H3,(H,27,31). The molecule has 8 heteroatoms. The molecule has 32 heavy (non-hydrogen) atoms. The highest BCUT2D eigenvalue weighted by Gasteiger charge is 2.23. The summed E-state index contributed by atoms with van der Waals surface area (Å²) in [5.74, 6) is -0.328. The number of aromatic nitrogens is 3. The van der Waals surface area contributed by atoms with Crippen LogP contribution in [0.3, 0.4) is 0 Å². The molecule has 0 saturated carbocycles. The molecule has 1 N–H and O–H groups in total. The fourth-order valence-electron chi connectivity index (χ4n) is 4.13. The topological polar surface area (TPSA) is 63.1 Å². The molecular weight excluding hydrogens is 425 g/mol. The molecule has 0 atom stereocenters. The van der Waals surface area contributed by atoms with Crippen molar-refractivity contribution < 1.29 is 9.18 Å². The number of benzene rings is 1. The third-order valence-corrected chi connectivity index (χ3v) is 6.98. The van der Waals surface area contributed by atoms with Gasteiger partial charge in [0.05, 0.1) is 22.0 Å². The summed E-state index contributed by atoms with van der Waals surface area (Å²) in [6.45, 7) is 4.64. The molecule has 0 radical (unpaired) electrons. The first kappa shape index (κ1) is 20.8. The van der Waals surface area contributed by atoms with Crippen LogP contribution in [-0.2, 0) is 6.54 Å². The van der Waals surface area contributed by atoms with Crippen LogP contribution in [0, 0.1) is 12.7 Å². The zero-order valence-corrected chi connectivity index (χ0v) is 18.6. The van der Waals surface area contributed by atoms with Crippen molar-refractivity contribution in [1.29, 1.82) is 0 Å². The Bertz CT molecular complexity index is 1230. The van der Waals surface area contributed by atoms with E-state index in [-0.39, 0.29) is 17.8 Å². The van der Waals surface area contributed by atoms with Crippen LogP contribution in [0.1, 0.15) is 33.9 Å². The third kappa shape index (κ3) is 4.28. The van der Waals surface area contributed by atoms with Crippen LogP contribution >= 0.6 is 11.3 Å². The molecule has 1 saturated heterocycles. The number of rotatable bonds is 5. The highest BCUT2D eigenvalue weighted by molar-refractivity contribution is 7.20. The fourth-order valence-corrected chi connectivity index (χ4v) is 5.22. The number of hydrogen-bond acceptors (Lipinski definition) is 5. The van der Waals surface area contributed by atoms with Crippen molar-refractivity contribution in [3.05, 3.63) is 76.8 Å².